The lowest BCUT2D eigenvalue weighted by Gasteiger charge is -2.39. The van der Waals surface area contributed by atoms with E-state index in [0.717, 1.165) is 41.7 Å². The summed E-state index contributed by atoms with van der Waals surface area (Å²) in [5, 5.41) is 14.3. The van der Waals surface area contributed by atoms with E-state index in [4.69, 9.17) is 11.6 Å². The molecule has 0 aliphatic carbocycles. The van der Waals surface area contributed by atoms with Crippen LogP contribution < -0.4 is 10.2 Å². The maximum absolute atomic E-state index is 9.38. The Labute approximate surface area is 169 Å². The van der Waals surface area contributed by atoms with Crippen LogP contribution in [0.25, 0.3) is 10.9 Å². The van der Waals surface area contributed by atoms with Gasteiger partial charge in [-0.25, -0.2) is 9.97 Å². The van der Waals surface area contributed by atoms with Crippen LogP contribution in [-0.4, -0.2) is 34.1 Å². The van der Waals surface area contributed by atoms with Crippen molar-refractivity contribution in [3.63, 3.8) is 0 Å². The Hall–Kier alpha value is -2.75. The lowest BCUT2D eigenvalue weighted by atomic mass is 9.94. The molecule has 0 bridgehead atoms. The molecule has 28 heavy (non-hydrogen) atoms. The van der Waals surface area contributed by atoms with E-state index < -0.39 is 0 Å². The van der Waals surface area contributed by atoms with Gasteiger partial charge in [0.1, 0.15) is 6.07 Å². The summed E-state index contributed by atoms with van der Waals surface area (Å²) in [6.45, 7) is 4.86. The Morgan fingerprint density at radius 2 is 2.04 bits per heavy atom. The highest BCUT2D eigenvalue weighted by atomic mass is 35.5. The molecular formula is C21H21ClN6. The van der Waals surface area contributed by atoms with Crippen molar-refractivity contribution in [2.24, 2.45) is 5.92 Å². The van der Waals surface area contributed by atoms with Gasteiger partial charge in [0.05, 0.1) is 11.1 Å². The minimum atomic E-state index is 0.266. The second-order valence-electron chi connectivity index (χ2n) is 7.33. The normalized spacial score (nSPS) is 19.5. The van der Waals surface area contributed by atoms with Crippen LogP contribution >= 0.6 is 11.6 Å². The highest BCUT2D eigenvalue weighted by molar-refractivity contribution is 6.28. The van der Waals surface area contributed by atoms with Crippen LogP contribution in [0, 0.1) is 17.2 Å². The number of halogens is 1. The quantitative estimate of drug-likeness (QED) is 0.684. The molecule has 142 valence electrons. The number of pyridine rings is 1. The van der Waals surface area contributed by atoms with Crippen LogP contribution in [0.5, 0.6) is 0 Å². The first-order valence-electron chi connectivity index (χ1n) is 9.36. The zero-order valence-electron chi connectivity index (χ0n) is 15.6. The van der Waals surface area contributed by atoms with E-state index in [1.54, 1.807) is 18.6 Å². The molecule has 0 spiro atoms. The summed E-state index contributed by atoms with van der Waals surface area (Å²) in [5.74, 6) is 0.551. The molecule has 2 aromatic heterocycles. The molecule has 7 heteroatoms. The van der Waals surface area contributed by atoms with Crippen LogP contribution in [0.1, 0.15) is 24.5 Å². The molecule has 0 saturated carbocycles. The van der Waals surface area contributed by atoms with Crippen molar-refractivity contribution in [2.75, 3.05) is 18.0 Å². The van der Waals surface area contributed by atoms with Crippen LogP contribution in [0.15, 0.2) is 42.9 Å². The van der Waals surface area contributed by atoms with Gasteiger partial charge in [0, 0.05) is 60.9 Å². The number of anilines is 1. The van der Waals surface area contributed by atoms with Crippen molar-refractivity contribution < 1.29 is 0 Å². The van der Waals surface area contributed by atoms with Crippen LogP contribution in [0.2, 0.25) is 5.28 Å². The van der Waals surface area contributed by atoms with Crippen LogP contribution in [0.3, 0.4) is 0 Å². The smallest absolute Gasteiger partial charge is 0.222 e. The third-order valence-electron chi connectivity index (χ3n) is 5.14. The van der Waals surface area contributed by atoms with Crippen molar-refractivity contribution in [3.05, 3.63) is 59.3 Å². The molecule has 0 unspecified atom stereocenters. The number of nitriles is 1. The van der Waals surface area contributed by atoms with Gasteiger partial charge in [-0.1, -0.05) is 6.92 Å². The molecule has 1 N–H and O–H groups in total. The molecule has 1 aromatic carbocycles. The number of nitrogens with zero attached hydrogens (tertiary/aromatic N) is 5. The number of benzene rings is 1. The Morgan fingerprint density at radius 3 is 2.82 bits per heavy atom. The van der Waals surface area contributed by atoms with E-state index in [2.05, 4.69) is 38.2 Å². The van der Waals surface area contributed by atoms with Crippen molar-refractivity contribution in [3.8, 4) is 6.07 Å². The van der Waals surface area contributed by atoms with E-state index in [-0.39, 0.29) is 5.28 Å². The van der Waals surface area contributed by atoms with E-state index in [1.165, 1.54) is 0 Å². The molecule has 0 amide bonds. The summed E-state index contributed by atoms with van der Waals surface area (Å²) in [4.78, 5) is 14.9. The number of hydrogen-bond acceptors (Lipinski definition) is 6. The predicted molar refractivity (Wildman–Crippen MR) is 110 cm³/mol. The number of rotatable bonds is 4. The molecule has 6 nitrogen and oxygen atoms in total. The fraction of sp³-hybridized carbons (Fsp3) is 0.333. The Bertz CT molecular complexity index is 1010. The number of aromatic nitrogens is 3. The van der Waals surface area contributed by atoms with E-state index in [9.17, 15) is 5.26 Å². The molecule has 1 fully saturated rings. The molecule has 1 aliphatic heterocycles. The summed E-state index contributed by atoms with van der Waals surface area (Å²) in [6.07, 6.45) is 6.36. The SMILES string of the molecule is C[C@H]1C[C@@H](NCc2cnc(Cl)nc2)CN(c2ccc(C#N)c3ncccc23)C1. The molecule has 4 rings (SSSR count). The van der Waals surface area contributed by atoms with Gasteiger partial charge in [-0.15, -0.1) is 0 Å². The number of piperidine rings is 1. The van der Waals surface area contributed by atoms with Crippen molar-refractivity contribution >= 4 is 28.2 Å². The van der Waals surface area contributed by atoms with Crippen molar-refractivity contribution in [2.45, 2.75) is 25.9 Å². The van der Waals surface area contributed by atoms with Crippen LogP contribution in [0.4, 0.5) is 5.69 Å². The highest BCUT2D eigenvalue weighted by Gasteiger charge is 2.26. The Morgan fingerprint density at radius 1 is 1.21 bits per heavy atom. The number of hydrogen-bond donors (Lipinski definition) is 1. The summed E-state index contributed by atoms with van der Waals surface area (Å²) < 4.78 is 0. The van der Waals surface area contributed by atoms with E-state index in [1.807, 2.05) is 24.3 Å². The van der Waals surface area contributed by atoms with E-state index >= 15 is 0 Å². The fourth-order valence-corrected chi connectivity index (χ4v) is 4.01. The minimum absolute atomic E-state index is 0.266. The number of fused-ring (bicyclic) bond motifs is 1. The zero-order chi connectivity index (χ0) is 19.5. The largest absolute Gasteiger partial charge is 0.369 e. The van der Waals surface area contributed by atoms with Gasteiger partial charge in [-0.05, 0) is 48.2 Å². The lowest BCUT2D eigenvalue weighted by Crippen LogP contribution is -2.48. The van der Waals surface area contributed by atoms with Gasteiger partial charge >= 0.3 is 0 Å². The average molecular weight is 393 g/mol. The van der Waals surface area contributed by atoms with Gasteiger partial charge in [0.25, 0.3) is 0 Å². The maximum atomic E-state index is 9.38. The summed E-state index contributed by atoms with van der Waals surface area (Å²) in [6, 6.07) is 10.5. The molecule has 1 aliphatic rings. The van der Waals surface area contributed by atoms with Gasteiger partial charge in [-0.2, -0.15) is 5.26 Å². The van der Waals surface area contributed by atoms with Gasteiger partial charge in [-0.3, -0.25) is 4.98 Å². The van der Waals surface area contributed by atoms with Crippen molar-refractivity contribution in [1.29, 1.82) is 5.26 Å². The maximum Gasteiger partial charge on any atom is 0.222 e. The third kappa shape index (κ3) is 3.91. The van der Waals surface area contributed by atoms with Crippen molar-refractivity contribution in [1.82, 2.24) is 20.3 Å². The molecule has 1 saturated heterocycles. The molecule has 0 radical (unpaired) electrons. The second kappa shape index (κ2) is 8.09. The molecule has 2 atom stereocenters. The average Bonchev–Trinajstić information content (AvgIpc) is 2.72. The van der Waals surface area contributed by atoms with Gasteiger partial charge in [0.2, 0.25) is 5.28 Å². The molecule has 3 heterocycles. The van der Waals surface area contributed by atoms with Crippen LogP contribution in [-0.2, 0) is 6.54 Å². The summed E-state index contributed by atoms with van der Waals surface area (Å²) >= 11 is 5.76. The first kappa shape index (κ1) is 18.6. The first-order chi connectivity index (χ1) is 13.6. The van der Waals surface area contributed by atoms with Gasteiger partial charge < -0.3 is 10.2 Å². The third-order valence-corrected chi connectivity index (χ3v) is 5.33. The Kier molecular flexibility index (Phi) is 5.38. The minimum Gasteiger partial charge on any atom is -0.369 e. The predicted octanol–water partition coefficient (Wildman–Crippen LogP) is 3.55. The zero-order valence-corrected chi connectivity index (χ0v) is 16.4. The standard InChI is InChI=1S/C21H21ClN6/c1-14-7-17(25-9-15-10-26-21(22)27-11-15)13-28(12-14)19-5-4-16(8-23)20-18(19)3-2-6-24-20/h2-6,10-11,14,17,25H,7,9,12-13H2,1H3/t14-,17+/m0/s1. The fourth-order valence-electron chi connectivity index (χ4n) is 3.91. The summed E-state index contributed by atoms with van der Waals surface area (Å²) in [7, 11) is 0. The van der Waals surface area contributed by atoms with E-state index in [0.29, 0.717) is 24.1 Å². The second-order valence-corrected chi connectivity index (χ2v) is 7.67. The first-order valence-corrected chi connectivity index (χ1v) is 9.74. The summed E-state index contributed by atoms with van der Waals surface area (Å²) in [5.41, 5.74) is 3.53. The number of nitrogens with one attached hydrogen (secondary N) is 1. The topological polar surface area (TPSA) is 77.7 Å². The molecule has 3 aromatic rings. The van der Waals surface area contributed by atoms with Gasteiger partial charge in [0.15, 0.2) is 0 Å². The lowest BCUT2D eigenvalue weighted by molar-refractivity contribution is 0.350. The monoisotopic (exact) mass is 392 g/mol. The highest BCUT2D eigenvalue weighted by Crippen LogP contribution is 2.31. The molecular weight excluding hydrogens is 372 g/mol. The Balaban J connectivity index is 1.54.